The summed E-state index contributed by atoms with van der Waals surface area (Å²) in [6, 6.07) is 14.5. The number of anilines is 1. The lowest BCUT2D eigenvalue weighted by Gasteiger charge is -2.34. The van der Waals surface area contributed by atoms with Crippen molar-refractivity contribution in [3.8, 4) is 10.6 Å². The molecule has 10 heteroatoms. The predicted molar refractivity (Wildman–Crippen MR) is 164 cm³/mol. The standard InChI is InChI=1S/C30H34N4O3S3/c1-3-21-9-7-8-17-34(21)40(36,37)22-14-12-20(13-15-22)28(35)32-30-27(23-16-18-33(4-2)19-26(23)39-30)29-31-24-10-5-6-11-25(24)38-29/h5-6,10-15,21H,3-4,7-9,16-19H2,1-2H3,(H,32,35). The first kappa shape index (κ1) is 27.5. The average Bonchev–Trinajstić information content (AvgIpc) is 3.57. The molecule has 0 bridgehead atoms. The third-order valence-electron chi connectivity index (χ3n) is 8.09. The van der Waals surface area contributed by atoms with Crippen LogP contribution in [0.5, 0.6) is 0 Å². The Morgan fingerprint density at radius 2 is 1.85 bits per heavy atom. The quantitative estimate of drug-likeness (QED) is 0.260. The Morgan fingerprint density at radius 3 is 2.60 bits per heavy atom. The number of fused-ring (bicyclic) bond motifs is 2. The zero-order valence-corrected chi connectivity index (χ0v) is 25.3. The van der Waals surface area contributed by atoms with Gasteiger partial charge < -0.3 is 5.32 Å². The fourth-order valence-electron chi connectivity index (χ4n) is 5.81. The van der Waals surface area contributed by atoms with Crippen LogP contribution in [0.1, 0.15) is 60.3 Å². The highest BCUT2D eigenvalue weighted by Gasteiger charge is 2.33. The summed E-state index contributed by atoms with van der Waals surface area (Å²) in [7, 11) is -3.60. The minimum Gasteiger partial charge on any atom is -0.313 e. The number of aromatic nitrogens is 1. The van der Waals surface area contributed by atoms with Gasteiger partial charge in [0.2, 0.25) is 10.0 Å². The second-order valence-electron chi connectivity index (χ2n) is 10.5. The van der Waals surface area contributed by atoms with E-state index in [9.17, 15) is 13.2 Å². The Bertz CT molecular complexity index is 1610. The Kier molecular flexibility index (Phi) is 7.80. The number of likely N-dealkylation sites (N-methyl/N-ethyl adjacent to an activating group) is 1. The van der Waals surface area contributed by atoms with Gasteiger partial charge in [-0.05, 0) is 74.2 Å². The van der Waals surface area contributed by atoms with E-state index in [0.717, 1.165) is 77.5 Å². The fraction of sp³-hybridized carbons (Fsp3) is 0.400. The monoisotopic (exact) mass is 594 g/mol. The van der Waals surface area contributed by atoms with Crippen LogP contribution >= 0.6 is 22.7 Å². The minimum atomic E-state index is -3.60. The number of carbonyl (C=O) groups is 1. The number of carbonyl (C=O) groups excluding carboxylic acids is 1. The number of hydrogen-bond acceptors (Lipinski definition) is 7. The molecular formula is C30H34N4O3S3. The number of benzene rings is 2. The van der Waals surface area contributed by atoms with Crippen molar-refractivity contribution in [1.29, 1.82) is 0 Å². The molecule has 0 radical (unpaired) electrons. The van der Waals surface area contributed by atoms with Crippen LogP contribution in [0.3, 0.4) is 0 Å². The highest BCUT2D eigenvalue weighted by atomic mass is 32.2. The third-order valence-corrected chi connectivity index (χ3v) is 12.2. The van der Waals surface area contributed by atoms with Crippen molar-refractivity contribution in [3.63, 3.8) is 0 Å². The first-order chi connectivity index (χ1) is 19.4. The van der Waals surface area contributed by atoms with Gasteiger partial charge in [0, 0.05) is 41.7 Å². The molecule has 0 saturated carbocycles. The lowest BCUT2D eigenvalue weighted by Crippen LogP contribution is -2.43. The summed E-state index contributed by atoms with van der Waals surface area (Å²) in [5, 5.41) is 4.90. The molecule has 1 amide bonds. The van der Waals surface area contributed by atoms with E-state index in [0.29, 0.717) is 12.1 Å². The fourth-order valence-corrected chi connectivity index (χ4v) is 9.97. The molecule has 7 nitrogen and oxygen atoms in total. The number of sulfonamides is 1. The van der Waals surface area contributed by atoms with Crippen molar-refractivity contribution in [2.24, 2.45) is 0 Å². The lowest BCUT2D eigenvalue weighted by molar-refractivity contribution is 0.102. The molecule has 1 fully saturated rings. The Balaban J connectivity index is 1.29. The lowest BCUT2D eigenvalue weighted by atomic mass is 10.0. The summed E-state index contributed by atoms with van der Waals surface area (Å²) >= 11 is 3.28. The van der Waals surface area contributed by atoms with Crippen LogP contribution in [-0.4, -0.2) is 54.2 Å². The van der Waals surface area contributed by atoms with Crippen LogP contribution < -0.4 is 5.32 Å². The van der Waals surface area contributed by atoms with Crippen LogP contribution in [0.25, 0.3) is 20.8 Å². The Morgan fingerprint density at radius 1 is 1.05 bits per heavy atom. The Hall–Kier alpha value is -2.63. The molecule has 2 aliphatic rings. The first-order valence-corrected chi connectivity index (χ1v) is 17.1. The number of nitrogens with one attached hydrogen (secondary N) is 1. The van der Waals surface area contributed by atoms with Crippen molar-refractivity contribution in [3.05, 3.63) is 64.5 Å². The topological polar surface area (TPSA) is 82.6 Å². The van der Waals surface area contributed by atoms with Gasteiger partial charge in [-0.15, -0.1) is 22.7 Å². The first-order valence-electron chi connectivity index (χ1n) is 14.0. The normalized spacial score (nSPS) is 18.6. The van der Waals surface area contributed by atoms with Crippen LogP contribution in [0.4, 0.5) is 5.00 Å². The van der Waals surface area contributed by atoms with Gasteiger partial charge in [-0.2, -0.15) is 4.31 Å². The summed E-state index contributed by atoms with van der Waals surface area (Å²) in [6.07, 6.45) is 4.56. The van der Waals surface area contributed by atoms with Crippen LogP contribution in [-0.2, 0) is 23.0 Å². The number of thiophene rings is 1. The van der Waals surface area contributed by atoms with Gasteiger partial charge in [-0.1, -0.05) is 32.4 Å². The van der Waals surface area contributed by atoms with E-state index in [-0.39, 0.29) is 16.8 Å². The van der Waals surface area contributed by atoms with Gasteiger partial charge in [0.15, 0.2) is 0 Å². The van der Waals surface area contributed by atoms with Gasteiger partial charge in [0.25, 0.3) is 5.91 Å². The highest BCUT2D eigenvalue weighted by Crippen LogP contribution is 2.45. The molecule has 1 atom stereocenters. The highest BCUT2D eigenvalue weighted by molar-refractivity contribution is 7.89. The van der Waals surface area contributed by atoms with Gasteiger partial charge in [0.05, 0.1) is 15.1 Å². The number of thiazole rings is 1. The summed E-state index contributed by atoms with van der Waals surface area (Å²) in [5.74, 6) is -0.248. The number of nitrogens with zero attached hydrogens (tertiary/aromatic N) is 3. The molecule has 1 N–H and O–H groups in total. The molecule has 40 heavy (non-hydrogen) atoms. The van der Waals surface area contributed by atoms with Crippen LogP contribution in [0.2, 0.25) is 0 Å². The van der Waals surface area contributed by atoms with E-state index in [2.05, 4.69) is 23.2 Å². The zero-order chi connectivity index (χ0) is 27.9. The van der Waals surface area contributed by atoms with Gasteiger partial charge in [-0.25, -0.2) is 13.4 Å². The van der Waals surface area contributed by atoms with Crippen molar-refractivity contribution >= 4 is 53.8 Å². The molecule has 1 unspecified atom stereocenters. The predicted octanol–water partition coefficient (Wildman–Crippen LogP) is 6.61. The second-order valence-corrected chi connectivity index (χ2v) is 14.5. The number of rotatable bonds is 7. The van der Waals surface area contributed by atoms with E-state index in [4.69, 9.17) is 4.98 Å². The van der Waals surface area contributed by atoms with E-state index in [1.54, 1.807) is 51.2 Å². The molecule has 4 aromatic rings. The molecule has 1 saturated heterocycles. The minimum absolute atomic E-state index is 0.0381. The van der Waals surface area contributed by atoms with Gasteiger partial charge >= 0.3 is 0 Å². The molecule has 210 valence electrons. The van der Waals surface area contributed by atoms with E-state index in [1.807, 2.05) is 25.1 Å². The largest absolute Gasteiger partial charge is 0.313 e. The summed E-state index contributed by atoms with van der Waals surface area (Å²) in [6.45, 7) is 7.60. The Labute approximate surface area is 243 Å². The number of amides is 1. The van der Waals surface area contributed by atoms with Crippen molar-refractivity contribution < 1.29 is 13.2 Å². The summed E-state index contributed by atoms with van der Waals surface area (Å²) in [4.78, 5) is 22.3. The number of piperidine rings is 1. The third kappa shape index (κ3) is 5.12. The number of hydrogen-bond donors (Lipinski definition) is 1. The second kappa shape index (κ2) is 11.3. The molecule has 0 spiro atoms. The zero-order valence-electron chi connectivity index (χ0n) is 22.9. The van der Waals surface area contributed by atoms with Crippen molar-refractivity contribution in [2.45, 2.75) is 63.4 Å². The molecular weight excluding hydrogens is 561 g/mol. The molecule has 2 aromatic heterocycles. The van der Waals surface area contributed by atoms with E-state index in [1.165, 1.54) is 10.4 Å². The SMILES string of the molecule is CCC1CCCCN1S(=O)(=O)c1ccc(C(=O)Nc2sc3c(c2-c2nc4ccccc4s2)CCN(CC)C3)cc1. The maximum absolute atomic E-state index is 13.5. The maximum Gasteiger partial charge on any atom is 0.256 e. The van der Waals surface area contributed by atoms with Crippen molar-refractivity contribution in [2.75, 3.05) is 25.0 Å². The molecule has 2 aliphatic heterocycles. The van der Waals surface area contributed by atoms with Gasteiger partial charge in [0.1, 0.15) is 10.0 Å². The molecule has 6 rings (SSSR count). The molecule has 0 aliphatic carbocycles. The maximum atomic E-state index is 13.5. The summed E-state index contributed by atoms with van der Waals surface area (Å²) < 4.78 is 29.5. The van der Waals surface area contributed by atoms with Crippen molar-refractivity contribution in [1.82, 2.24) is 14.2 Å². The smallest absolute Gasteiger partial charge is 0.256 e. The number of para-hydroxylation sites is 1. The van der Waals surface area contributed by atoms with Gasteiger partial charge in [-0.3, -0.25) is 9.69 Å². The van der Waals surface area contributed by atoms with Crippen LogP contribution in [0, 0.1) is 0 Å². The average molecular weight is 595 g/mol. The van der Waals surface area contributed by atoms with Crippen LogP contribution in [0.15, 0.2) is 53.4 Å². The summed E-state index contributed by atoms with van der Waals surface area (Å²) in [5.41, 5.74) is 3.70. The molecule has 4 heterocycles. The van der Waals surface area contributed by atoms with E-state index >= 15 is 0 Å². The van der Waals surface area contributed by atoms with E-state index < -0.39 is 10.0 Å². The molecule has 2 aromatic carbocycles.